The van der Waals surface area contributed by atoms with Gasteiger partial charge in [-0.1, -0.05) is 0 Å². The Labute approximate surface area is 165 Å². The summed E-state index contributed by atoms with van der Waals surface area (Å²) in [6, 6.07) is 6.00. The molecule has 2 aliphatic heterocycles. The zero-order valence-electron chi connectivity index (χ0n) is 15.4. The lowest BCUT2D eigenvalue weighted by molar-refractivity contribution is -0.140. The first-order valence-electron chi connectivity index (χ1n) is 9.30. The van der Waals surface area contributed by atoms with Gasteiger partial charge < -0.3 is 19.9 Å². The Balaban J connectivity index is 0.00000261. The quantitative estimate of drug-likeness (QED) is 0.741. The molecule has 27 heavy (non-hydrogen) atoms. The third-order valence-corrected chi connectivity index (χ3v) is 4.93. The highest BCUT2D eigenvalue weighted by Crippen LogP contribution is 2.18. The molecule has 1 aromatic carbocycles. The molecule has 1 unspecified atom stereocenters. The maximum Gasteiger partial charge on any atom is 0.236 e. The predicted octanol–water partition coefficient (Wildman–Crippen LogP) is 1.83. The highest BCUT2D eigenvalue weighted by Gasteiger charge is 2.31. The number of carbonyl (C=O) groups is 2. The minimum Gasteiger partial charge on any atom is -0.494 e. The highest BCUT2D eigenvalue weighted by atomic mass is 35.5. The molecule has 0 saturated carbocycles. The van der Waals surface area contributed by atoms with Gasteiger partial charge in [0, 0.05) is 38.6 Å². The zero-order chi connectivity index (χ0) is 18.4. The standard InChI is InChI=1S/C19H26FN3O3.ClH/c20-15-5-7-17(8-6-15)26-12-2-4-18(24)22-10-1-3-16(14-22)23-11-9-21-13-19(23)25;/h5-8,16,21H,1-4,9-14H2;1H. The van der Waals surface area contributed by atoms with Crippen molar-refractivity contribution in [3.63, 3.8) is 0 Å². The minimum atomic E-state index is -0.296. The average Bonchev–Trinajstić information content (AvgIpc) is 2.67. The monoisotopic (exact) mass is 399 g/mol. The maximum absolute atomic E-state index is 12.8. The molecule has 0 bridgehead atoms. The van der Waals surface area contributed by atoms with Crippen LogP contribution in [0.25, 0.3) is 0 Å². The molecule has 0 aromatic heterocycles. The van der Waals surface area contributed by atoms with Gasteiger partial charge in [0.25, 0.3) is 0 Å². The van der Waals surface area contributed by atoms with Crippen LogP contribution in [-0.2, 0) is 9.59 Å². The average molecular weight is 400 g/mol. The van der Waals surface area contributed by atoms with E-state index in [1.165, 1.54) is 12.1 Å². The molecule has 8 heteroatoms. The highest BCUT2D eigenvalue weighted by molar-refractivity contribution is 5.85. The second-order valence-corrected chi connectivity index (χ2v) is 6.81. The molecule has 150 valence electrons. The molecule has 1 aromatic rings. The van der Waals surface area contributed by atoms with Crippen molar-refractivity contribution in [1.82, 2.24) is 15.1 Å². The van der Waals surface area contributed by atoms with Crippen LogP contribution in [0.15, 0.2) is 24.3 Å². The van der Waals surface area contributed by atoms with Crippen LogP contribution < -0.4 is 10.1 Å². The molecule has 2 saturated heterocycles. The number of hydrogen-bond acceptors (Lipinski definition) is 4. The molecule has 2 heterocycles. The van der Waals surface area contributed by atoms with Gasteiger partial charge in [-0.05, 0) is 43.5 Å². The number of nitrogens with zero attached hydrogens (tertiary/aromatic N) is 2. The number of likely N-dealkylation sites (tertiary alicyclic amines) is 1. The second kappa shape index (κ2) is 10.5. The molecule has 6 nitrogen and oxygen atoms in total. The smallest absolute Gasteiger partial charge is 0.236 e. The van der Waals surface area contributed by atoms with Gasteiger partial charge in [0.1, 0.15) is 11.6 Å². The molecule has 2 amide bonds. The Kier molecular flexibility index (Phi) is 8.31. The summed E-state index contributed by atoms with van der Waals surface area (Å²) in [6.45, 7) is 3.74. The lowest BCUT2D eigenvalue weighted by Crippen LogP contribution is -2.57. The number of benzene rings is 1. The van der Waals surface area contributed by atoms with Gasteiger partial charge in [-0.2, -0.15) is 0 Å². The van der Waals surface area contributed by atoms with Crippen molar-refractivity contribution in [1.29, 1.82) is 0 Å². The van der Waals surface area contributed by atoms with Crippen molar-refractivity contribution in [3.05, 3.63) is 30.1 Å². The molecule has 2 fully saturated rings. The molecular formula is C19H27ClFN3O3. The number of carbonyl (C=O) groups excluding carboxylic acids is 2. The topological polar surface area (TPSA) is 61.9 Å². The van der Waals surface area contributed by atoms with Gasteiger partial charge in [0.15, 0.2) is 0 Å². The summed E-state index contributed by atoms with van der Waals surface area (Å²) < 4.78 is 18.4. The Hall–Kier alpha value is -1.86. The van der Waals surface area contributed by atoms with E-state index in [-0.39, 0.29) is 36.1 Å². The lowest BCUT2D eigenvalue weighted by atomic mass is 10.0. The van der Waals surface area contributed by atoms with Crippen molar-refractivity contribution >= 4 is 24.2 Å². The second-order valence-electron chi connectivity index (χ2n) is 6.81. The van der Waals surface area contributed by atoms with E-state index in [2.05, 4.69) is 5.32 Å². The molecule has 1 N–H and O–H groups in total. The van der Waals surface area contributed by atoms with Gasteiger partial charge in [0.05, 0.1) is 13.2 Å². The van der Waals surface area contributed by atoms with Crippen molar-refractivity contribution < 1.29 is 18.7 Å². The number of piperazine rings is 1. The van der Waals surface area contributed by atoms with E-state index in [0.29, 0.717) is 38.3 Å². The van der Waals surface area contributed by atoms with E-state index >= 15 is 0 Å². The number of piperidine rings is 1. The Morgan fingerprint density at radius 2 is 2.04 bits per heavy atom. The van der Waals surface area contributed by atoms with Crippen LogP contribution in [0.4, 0.5) is 4.39 Å². The summed E-state index contributed by atoms with van der Waals surface area (Å²) in [5.74, 6) is 0.549. The number of nitrogens with one attached hydrogen (secondary N) is 1. The number of rotatable bonds is 6. The third kappa shape index (κ3) is 6.07. The van der Waals surface area contributed by atoms with Gasteiger partial charge in [-0.3, -0.25) is 9.59 Å². The van der Waals surface area contributed by atoms with Crippen LogP contribution in [0.1, 0.15) is 25.7 Å². The van der Waals surface area contributed by atoms with E-state index < -0.39 is 0 Å². The van der Waals surface area contributed by atoms with Gasteiger partial charge in [0.2, 0.25) is 11.8 Å². The van der Waals surface area contributed by atoms with Crippen LogP contribution in [0.3, 0.4) is 0 Å². The molecule has 0 radical (unpaired) electrons. The van der Waals surface area contributed by atoms with Crippen LogP contribution >= 0.6 is 12.4 Å². The number of amides is 2. The Morgan fingerprint density at radius 3 is 2.78 bits per heavy atom. The molecule has 2 aliphatic rings. The van der Waals surface area contributed by atoms with Crippen LogP contribution in [0, 0.1) is 5.82 Å². The first kappa shape index (κ1) is 21.4. The Bertz CT molecular complexity index is 629. The summed E-state index contributed by atoms with van der Waals surface area (Å²) in [5.41, 5.74) is 0. The number of hydrogen-bond donors (Lipinski definition) is 1. The maximum atomic E-state index is 12.8. The largest absolute Gasteiger partial charge is 0.494 e. The van der Waals surface area contributed by atoms with Crippen molar-refractivity contribution in [2.45, 2.75) is 31.7 Å². The van der Waals surface area contributed by atoms with Crippen LogP contribution in [0.5, 0.6) is 5.75 Å². The molecule has 3 rings (SSSR count). The fraction of sp³-hybridized carbons (Fsp3) is 0.579. The SMILES string of the molecule is Cl.O=C(CCCOc1ccc(F)cc1)N1CCCC(N2CCNCC2=O)C1. The Morgan fingerprint density at radius 1 is 1.26 bits per heavy atom. The minimum absolute atomic E-state index is 0. The summed E-state index contributed by atoms with van der Waals surface area (Å²) in [5, 5.41) is 3.08. The van der Waals surface area contributed by atoms with Gasteiger partial charge >= 0.3 is 0 Å². The normalized spacial score (nSPS) is 20.2. The molecule has 0 spiro atoms. The molecule has 0 aliphatic carbocycles. The van der Waals surface area contributed by atoms with E-state index in [0.717, 1.165) is 32.5 Å². The van der Waals surface area contributed by atoms with Crippen molar-refractivity contribution in [2.75, 3.05) is 39.3 Å². The molecule has 1 atom stereocenters. The first-order valence-corrected chi connectivity index (χ1v) is 9.30. The summed E-state index contributed by atoms with van der Waals surface area (Å²) >= 11 is 0. The number of halogens is 2. The summed E-state index contributed by atoms with van der Waals surface area (Å²) in [6.07, 6.45) is 2.93. The van der Waals surface area contributed by atoms with Crippen molar-refractivity contribution in [3.8, 4) is 5.75 Å². The van der Waals surface area contributed by atoms with E-state index in [4.69, 9.17) is 4.74 Å². The lowest BCUT2D eigenvalue weighted by Gasteiger charge is -2.41. The molecular weight excluding hydrogens is 373 g/mol. The fourth-order valence-corrected chi connectivity index (χ4v) is 3.55. The predicted molar refractivity (Wildman–Crippen MR) is 103 cm³/mol. The zero-order valence-corrected chi connectivity index (χ0v) is 16.2. The van der Waals surface area contributed by atoms with Crippen molar-refractivity contribution in [2.24, 2.45) is 0 Å². The summed E-state index contributed by atoms with van der Waals surface area (Å²) in [4.78, 5) is 28.3. The van der Waals surface area contributed by atoms with E-state index in [9.17, 15) is 14.0 Å². The first-order chi connectivity index (χ1) is 12.6. The van der Waals surface area contributed by atoms with Gasteiger partial charge in [-0.15, -0.1) is 12.4 Å². The summed E-state index contributed by atoms with van der Waals surface area (Å²) in [7, 11) is 0. The van der Waals surface area contributed by atoms with E-state index in [1.54, 1.807) is 12.1 Å². The van der Waals surface area contributed by atoms with Gasteiger partial charge in [-0.25, -0.2) is 4.39 Å². The fourth-order valence-electron chi connectivity index (χ4n) is 3.55. The van der Waals surface area contributed by atoms with Crippen LogP contribution in [-0.4, -0.2) is 67.0 Å². The third-order valence-electron chi connectivity index (χ3n) is 4.93. The van der Waals surface area contributed by atoms with E-state index in [1.807, 2.05) is 9.80 Å². The van der Waals surface area contributed by atoms with Crippen LogP contribution in [0.2, 0.25) is 0 Å². The number of ether oxygens (including phenoxy) is 1.